The molecule has 0 N–H and O–H groups in total. The molecule has 0 aromatic carbocycles. The second-order valence-corrected chi connectivity index (χ2v) is 3.21. The molecule has 2 aromatic heterocycles. The van der Waals surface area contributed by atoms with E-state index < -0.39 is 0 Å². The molecule has 64 valence electrons. The molecule has 3 nitrogen and oxygen atoms in total. The molecular formula is C10H8N2O. The van der Waals surface area contributed by atoms with Gasteiger partial charge < -0.3 is 4.42 Å². The van der Waals surface area contributed by atoms with Crippen LogP contribution in [0.5, 0.6) is 0 Å². The Morgan fingerprint density at radius 3 is 3.23 bits per heavy atom. The Labute approximate surface area is 75.1 Å². The van der Waals surface area contributed by atoms with E-state index in [-0.39, 0.29) is 0 Å². The monoisotopic (exact) mass is 172 g/mol. The lowest BCUT2D eigenvalue weighted by Gasteiger charge is -1.90. The van der Waals surface area contributed by atoms with Gasteiger partial charge in [-0.15, -0.1) is 0 Å². The van der Waals surface area contributed by atoms with Crippen molar-refractivity contribution in [3.05, 3.63) is 29.2 Å². The summed E-state index contributed by atoms with van der Waals surface area (Å²) in [5.41, 5.74) is 3.87. The molecule has 0 saturated carbocycles. The molecule has 13 heavy (non-hydrogen) atoms. The number of fused-ring (bicyclic) bond motifs is 3. The SMILES string of the molecule is Cc1ccc2oc3c(c2n1)C=NC3. The van der Waals surface area contributed by atoms with Crippen LogP contribution in [0.15, 0.2) is 21.5 Å². The van der Waals surface area contributed by atoms with Crippen LogP contribution in [0.25, 0.3) is 11.1 Å². The first-order valence-electron chi connectivity index (χ1n) is 4.23. The fourth-order valence-electron chi connectivity index (χ4n) is 1.61. The number of hydrogen-bond acceptors (Lipinski definition) is 3. The molecule has 1 aliphatic heterocycles. The van der Waals surface area contributed by atoms with Gasteiger partial charge in [-0.3, -0.25) is 4.99 Å². The molecule has 3 rings (SSSR count). The number of aryl methyl sites for hydroxylation is 1. The van der Waals surface area contributed by atoms with E-state index in [0.29, 0.717) is 6.54 Å². The summed E-state index contributed by atoms with van der Waals surface area (Å²) < 4.78 is 5.58. The fraction of sp³-hybridized carbons (Fsp3) is 0.200. The topological polar surface area (TPSA) is 38.4 Å². The maximum Gasteiger partial charge on any atom is 0.153 e. The zero-order valence-corrected chi connectivity index (χ0v) is 7.24. The number of furan rings is 1. The lowest BCUT2D eigenvalue weighted by atomic mass is 10.2. The van der Waals surface area contributed by atoms with E-state index in [9.17, 15) is 0 Å². The first-order chi connectivity index (χ1) is 6.34. The summed E-state index contributed by atoms with van der Waals surface area (Å²) in [5.74, 6) is 0.938. The molecule has 2 aromatic rings. The highest BCUT2D eigenvalue weighted by Gasteiger charge is 2.16. The first-order valence-corrected chi connectivity index (χ1v) is 4.23. The van der Waals surface area contributed by atoms with Gasteiger partial charge in [0.05, 0.1) is 12.1 Å². The largest absolute Gasteiger partial charge is 0.457 e. The van der Waals surface area contributed by atoms with Crippen LogP contribution in [0.1, 0.15) is 17.0 Å². The fourth-order valence-corrected chi connectivity index (χ4v) is 1.61. The molecule has 0 aliphatic carbocycles. The lowest BCUT2D eigenvalue weighted by Crippen LogP contribution is -1.82. The van der Waals surface area contributed by atoms with E-state index in [1.807, 2.05) is 25.3 Å². The number of rotatable bonds is 0. The maximum absolute atomic E-state index is 5.58. The summed E-state index contributed by atoms with van der Waals surface area (Å²) >= 11 is 0. The van der Waals surface area contributed by atoms with Crippen LogP contribution >= 0.6 is 0 Å². The van der Waals surface area contributed by atoms with Gasteiger partial charge in [0.2, 0.25) is 0 Å². The third-order valence-corrected chi connectivity index (χ3v) is 2.24. The molecule has 3 heterocycles. The third kappa shape index (κ3) is 0.840. The molecule has 3 heteroatoms. The molecule has 0 spiro atoms. The molecule has 1 aliphatic rings. The van der Waals surface area contributed by atoms with Gasteiger partial charge >= 0.3 is 0 Å². The minimum atomic E-state index is 0.657. The minimum Gasteiger partial charge on any atom is -0.457 e. The summed E-state index contributed by atoms with van der Waals surface area (Å²) in [4.78, 5) is 8.55. The van der Waals surface area contributed by atoms with Crippen LogP contribution in [-0.2, 0) is 6.54 Å². The van der Waals surface area contributed by atoms with Crippen molar-refractivity contribution in [1.29, 1.82) is 0 Å². The van der Waals surface area contributed by atoms with E-state index in [1.54, 1.807) is 0 Å². The Morgan fingerprint density at radius 1 is 1.38 bits per heavy atom. The average molecular weight is 172 g/mol. The van der Waals surface area contributed by atoms with Crippen molar-refractivity contribution in [2.45, 2.75) is 13.5 Å². The lowest BCUT2D eigenvalue weighted by molar-refractivity contribution is 0.557. The van der Waals surface area contributed by atoms with Crippen LogP contribution in [0.2, 0.25) is 0 Å². The number of nitrogens with zero attached hydrogens (tertiary/aromatic N) is 2. The second-order valence-electron chi connectivity index (χ2n) is 3.21. The maximum atomic E-state index is 5.58. The number of aliphatic imine (C=N–C) groups is 1. The third-order valence-electron chi connectivity index (χ3n) is 2.24. The highest BCUT2D eigenvalue weighted by atomic mass is 16.3. The molecular weight excluding hydrogens is 164 g/mol. The van der Waals surface area contributed by atoms with Crippen molar-refractivity contribution in [2.24, 2.45) is 4.99 Å². The predicted octanol–water partition coefficient (Wildman–Crippen LogP) is 2.07. The molecule has 0 atom stereocenters. The number of pyridine rings is 1. The second kappa shape index (κ2) is 2.19. The van der Waals surface area contributed by atoms with E-state index >= 15 is 0 Å². The van der Waals surface area contributed by atoms with Gasteiger partial charge in [-0.2, -0.15) is 0 Å². The smallest absolute Gasteiger partial charge is 0.153 e. The quantitative estimate of drug-likeness (QED) is 0.610. The van der Waals surface area contributed by atoms with Crippen LogP contribution in [-0.4, -0.2) is 11.2 Å². The van der Waals surface area contributed by atoms with Crippen LogP contribution in [0, 0.1) is 6.92 Å². The molecule has 0 amide bonds. The van der Waals surface area contributed by atoms with Crippen LogP contribution in [0.3, 0.4) is 0 Å². The van der Waals surface area contributed by atoms with Crippen molar-refractivity contribution < 1.29 is 4.42 Å². The Morgan fingerprint density at radius 2 is 2.31 bits per heavy atom. The molecule has 0 radical (unpaired) electrons. The van der Waals surface area contributed by atoms with Crippen LogP contribution in [0.4, 0.5) is 0 Å². The van der Waals surface area contributed by atoms with Gasteiger partial charge in [0.25, 0.3) is 0 Å². The van der Waals surface area contributed by atoms with Crippen molar-refractivity contribution in [3.8, 4) is 0 Å². The standard InChI is InChI=1S/C10H8N2O/c1-6-2-3-8-10(12-6)7-4-11-5-9(7)13-8/h2-4H,5H2,1H3. The highest BCUT2D eigenvalue weighted by Crippen LogP contribution is 2.26. The summed E-state index contributed by atoms with van der Waals surface area (Å²) in [7, 11) is 0. The summed E-state index contributed by atoms with van der Waals surface area (Å²) in [6, 6.07) is 3.92. The molecule has 0 saturated heterocycles. The molecule has 0 bridgehead atoms. The van der Waals surface area contributed by atoms with Crippen LogP contribution < -0.4 is 0 Å². The van der Waals surface area contributed by atoms with Gasteiger partial charge in [0, 0.05) is 11.9 Å². The zero-order valence-electron chi connectivity index (χ0n) is 7.24. The Hall–Kier alpha value is -1.64. The van der Waals surface area contributed by atoms with Gasteiger partial charge in [-0.25, -0.2) is 4.98 Å². The average Bonchev–Trinajstić information content (AvgIpc) is 2.64. The van der Waals surface area contributed by atoms with Gasteiger partial charge in [0.1, 0.15) is 11.3 Å². The first kappa shape index (κ1) is 6.83. The van der Waals surface area contributed by atoms with Crippen molar-refractivity contribution in [2.75, 3.05) is 0 Å². The Balaban J connectivity index is 2.46. The van der Waals surface area contributed by atoms with Gasteiger partial charge in [0.15, 0.2) is 5.58 Å². The number of aromatic nitrogens is 1. The van der Waals surface area contributed by atoms with Crippen molar-refractivity contribution in [3.63, 3.8) is 0 Å². The normalized spacial score (nSPS) is 13.9. The van der Waals surface area contributed by atoms with E-state index in [4.69, 9.17) is 4.42 Å². The predicted molar refractivity (Wildman–Crippen MR) is 50.0 cm³/mol. The zero-order chi connectivity index (χ0) is 8.84. The Kier molecular flexibility index (Phi) is 1.15. The molecule has 0 fully saturated rings. The van der Waals surface area contributed by atoms with E-state index in [1.165, 1.54) is 0 Å². The van der Waals surface area contributed by atoms with Gasteiger partial charge in [-0.05, 0) is 19.1 Å². The highest BCUT2D eigenvalue weighted by molar-refractivity contribution is 5.98. The summed E-state index contributed by atoms with van der Waals surface area (Å²) in [6.07, 6.45) is 1.84. The Bertz CT molecular complexity index is 511. The minimum absolute atomic E-state index is 0.657. The van der Waals surface area contributed by atoms with Gasteiger partial charge in [-0.1, -0.05) is 0 Å². The summed E-state index contributed by atoms with van der Waals surface area (Å²) in [5, 5.41) is 0. The van der Waals surface area contributed by atoms with Crippen molar-refractivity contribution >= 4 is 17.3 Å². The van der Waals surface area contributed by atoms with E-state index in [2.05, 4.69) is 9.98 Å². The van der Waals surface area contributed by atoms with E-state index in [0.717, 1.165) is 28.1 Å². The number of hydrogen-bond donors (Lipinski definition) is 0. The van der Waals surface area contributed by atoms with Crippen molar-refractivity contribution in [1.82, 2.24) is 4.98 Å². The summed E-state index contributed by atoms with van der Waals surface area (Å²) in [6.45, 7) is 2.63. The molecule has 0 unspecified atom stereocenters.